The molecule has 0 spiro atoms. The minimum absolute atomic E-state index is 0.102. The van der Waals surface area contributed by atoms with Crippen LogP contribution in [-0.2, 0) is 22.1 Å². The molecule has 0 aliphatic carbocycles. The summed E-state index contributed by atoms with van der Waals surface area (Å²) in [4.78, 5) is 0.126. The highest BCUT2D eigenvalue weighted by atomic mass is 32.2. The van der Waals surface area contributed by atoms with Crippen LogP contribution in [0.5, 0.6) is 0 Å². The van der Waals surface area contributed by atoms with E-state index in [2.05, 4.69) is 0 Å². The molecule has 0 aromatic heterocycles. The fourth-order valence-corrected chi connectivity index (χ4v) is 3.43. The minimum atomic E-state index is -3.47. The number of aryl methyl sites for hydroxylation is 1. The summed E-state index contributed by atoms with van der Waals surface area (Å²) in [5.41, 5.74) is 8.13. The van der Waals surface area contributed by atoms with Gasteiger partial charge in [0.15, 0.2) is 9.84 Å². The molecule has 2 rings (SSSR count). The van der Waals surface area contributed by atoms with Crippen molar-refractivity contribution in [2.75, 3.05) is 0 Å². The first kappa shape index (κ1) is 14.7. The van der Waals surface area contributed by atoms with Crippen LogP contribution in [0.15, 0.2) is 47.4 Å². The smallest absolute Gasteiger partial charge is 0.182 e. The van der Waals surface area contributed by atoms with Crippen LogP contribution in [0.3, 0.4) is 0 Å². The highest BCUT2D eigenvalue weighted by Gasteiger charge is 2.16. The second-order valence-corrected chi connectivity index (χ2v) is 6.67. The van der Waals surface area contributed by atoms with Crippen LogP contribution in [0.2, 0.25) is 0 Å². The molecule has 2 N–H and O–H groups in total. The van der Waals surface area contributed by atoms with Crippen molar-refractivity contribution in [2.45, 2.75) is 24.1 Å². The van der Waals surface area contributed by atoms with E-state index in [0.717, 1.165) is 28.8 Å². The van der Waals surface area contributed by atoms with Gasteiger partial charge in [0.1, 0.15) is 5.82 Å². The van der Waals surface area contributed by atoms with Crippen molar-refractivity contribution in [1.82, 2.24) is 0 Å². The van der Waals surface area contributed by atoms with E-state index in [-0.39, 0.29) is 10.6 Å². The quantitative estimate of drug-likeness (QED) is 0.881. The number of halogens is 1. The lowest BCUT2D eigenvalue weighted by molar-refractivity contribution is 0.594. The van der Waals surface area contributed by atoms with Gasteiger partial charge in [-0.15, -0.1) is 0 Å². The molecular formula is C15H16FNO2S. The van der Waals surface area contributed by atoms with Gasteiger partial charge < -0.3 is 5.73 Å². The van der Waals surface area contributed by atoms with E-state index in [9.17, 15) is 12.8 Å². The van der Waals surface area contributed by atoms with Crippen LogP contribution in [0.25, 0.3) is 0 Å². The molecular weight excluding hydrogens is 277 g/mol. The maximum Gasteiger partial charge on any atom is 0.182 e. The highest BCUT2D eigenvalue weighted by molar-refractivity contribution is 7.90. The molecule has 0 fully saturated rings. The lowest BCUT2D eigenvalue weighted by Gasteiger charge is -2.09. The summed E-state index contributed by atoms with van der Waals surface area (Å²) in [6.45, 7) is 2.28. The molecule has 5 heteroatoms. The number of hydrogen-bond donors (Lipinski definition) is 1. The van der Waals surface area contributed by atoms with Crippen LogP contribution >= 0.6 is 0 Å². The third kappa shape index (κ3) is 3.23. The molecule has 3 nitrogen and oxygen atoms in total. The third-order valence-corrected chi connectivity index (χ3v) is 4.84. The minimum Gasteiger partial charge on any atom is -0.326 e. The zero-order valence-electron chi connectivity index (χ0n) is 11.1. The molecule has 0 radical (unpaired) electrons. The second-order valence-electron chi connectivity index (χ2n) is 4.68. The summed E-state index contributed by atoms with van der Waals surface area (Å²) in [7, 11) is -3.47. The average molecular weight is 293 g/mol. The molecule has 0 amide bonds. The Bertz CT molecular complexity index is 709. The average Bonchev–Trinajstić information content (AvgIpc) is 2.41. The van der Waals surface area contributed by atoms with E-state index in [4.69, 9.17) is 5.73 Å². The van der Waals surface area contributed by atoms with E-state index in [1.54, 1.807) is 6.07 Å². The van der Waals surface area contributed by atoms with Crippen molar-refractivity contribution in [1.29, 1.82) is 0 Å². The van der Waals surface area contributed by atoms with E-state index in [1.165, 1.54) is 12.1 Å². The Morgan fingerprint density at radius 1 is 1.10 bits per heavy atom. The first-order valence-electron chi connectivity index (χ1n) is 6.19. The lowest BCUT2D eigenvalue weighted by atomic mass is 10.1. The predicted molar refractivity (Wildman–Crippen MR) is 76.4 cm³/mol. The molecule has 2 aromatic rings. The molecule has 0 saturated carbocycles. The molecule has 20 heavy (non-hydrogen) atoms. The Kier molecular flexibility index (Phi) is 4.20. The monoisotopic (exact) mass is 293 g/mol. The van der Waals surface area contributed by atoms with Crippen LogP contribution in [0, 0.1) is 12.7 Å². The summed E-state index contributed by atoms with van der Waals surface area (Å²) in [5, 5.41) is 0. The van der Waals surface area contributed by atoms with Crippen molar-refractivity contribution in [3.8, 4) is 0 Å². The van der Waals surface area contributed by atoms with Gasteiger partial charge in [-0.25, -0.2) is 12.8 Å². The lowest BCUT2D eigenvalue weighted by Crippen LogP contribution is -2.07. The molecule has 0 heterocycles. The van der Waals surface area contributed by atoms with Crippen molar-refractivity contribution in [3.63, 3.8) is 0 Å². The number of rotatable bonds is 4. The van der Waals surface area contributed by atoms with Gasteiger partial charge in [0.2, 0.25) is 0 Å². The van der Waals surface area contributed by atoms with Gasteiger partial charge >= 0.3 is 0 Å². The van der Waals surface area contributed by atoms with Gasteiger partial charge in [0, 0.05) is 6.54 Å². The number of benzene rings is 2. The van der Waals surface area contributed by atoms with E-state index in [0.29, 0.717) is 6.54 Å². The van der Waals surface area contributed by atoms with Gasteiger partial charge in [-0.2, -0.15) is 0 Å². The topological polar surface area (TPSA) is 60.2 Å². The van der Waals surface area contributed by atoms with Gasteiger partial charge in [-0.1, -0.05) is 18.2 Å². The van der Waals surface area contributed by atoms with Crippen LogP contribution < -0.4 is 5.73 Å². The fourth-order valence-electron chi connectivity index (χ4n) is 1.98. The van der Waals surface area contributed by atoms with Gasteiger partial charge in [-0.05, 0) is 47.9 Å². The van der Waals surface area contributed by atoms with Gasteiger partial charge in [0.05, 0.1) is 10.6 Å². The van der Waals surface area contributed by atoms with Crippen LogP contribution in [-0.4, -0.2) is 8.42 Å². The first-order valence-corrected chi connectivity index (χ1v) is 7.84. The highest BCUT2D eigenvalue weighted by Crippen LogP contribution is 2.20. The molecule has 0 saturated heterocycles. The summed E-state index contributed by atoms with van der Waals surface area (Å²) in [6.07, 6.45) is 0. The second kappa shape index (κ2) is 5.73. The molecule has 0 unspecified atom stereocenters. The number of hydrogen-bond acceptors (Lipinski definition) is 3. The summed E-state index contributed by atoms with van der Waals surface area (Å²) < 4.78 is 37.4. The predicted octanol–water partition coefficient (Wildman–Crippen LogP) is 2.57. The largest absolute Gasteiger partial charge is 0.326 e. The molecule has 0 aliphatic rings. The Labute approximate surface area is 118 Å². The normalized spacial score (nSPS) is 11.6. The third-order valence-electron chi connectivity index (χ3n) is 3.16. The summed E-state index contributed by atoms with van der Waals surface area (Å²) in [6, 6.07) is 10.4. The molecule has 2 aromatic carbocycles. The first-order chi connectivity index (χ1) is 9.42. The Balaban J connectivity index is 2.31. The molecule has 0 aliphatic heterocycles. The molecule has 106 valence electrons. The summed E-state index contributed by atoms with van der Waals surface area (Å²) >= 11 is 0. The Morgan fingerprint density at radius 2 is 1.75 bits per heavy atom. The number of nitrogens with two attached hydrogens (primary N) is 1. The van der Waals surface area contributed by atoms with Crippen LogP contribution in [0.4, 0.5) is 4.39 Å². The number of sulfone groups is 1. The van der Waals surface area contributed by atoms with Gasteiger partial charge in [0.25, 0.3) is 0 Å². The van der Waals surface area contributed by atoms with Crippen molar-refractivity contribution >= 4 is 9.84 Å². The Hall–Kier alpha value is -1.72. The zero-order valence-corrected chi connectivity index (χ0v) is 12.0. The maximum absolute atomic E-state index is 12.8. The van der Waals surface area contributed by atoms with E-state index >= 15 is 0 Å². The van der Waals surface area contributed by atoms with Crippen molar-refractivity contribution in [3.05, 3.63) is 65.0 Å². The zero-order chi connectivity index (χ0) is 14.8. The Morgan fingerprint density at radius 3 is 2.30 bits per heavy atom. The van der Waals surface area contributed by atoms with Crippen LogP contribution in [0.1, 0.15) is 16.7 Å². The van der Waals surface area contributed by atoms with Crippen molar-refractivity contribution < 1.29 is 12.8 Å². The molecule has 0 atom stereocenters. The maximum atomic E-state index is 12.8. The summed E-state index contributed by atoms with van der Waals surface area (Å²) in [5.74, 6) is -0.553. The van der Waals surface area contributed by atoms with Crippen molar-refractivity contribution in [2.24, 2.45) is 5.73 Å². The van der Waals surface area contributed by atoms with Gasteiger partial charge in [-0.3, -0.25) is 0 Å². The van der Waals surface area contributed by atoms with E-state index < -0.39 is 15.7 Å². The standard InChI is InChI=1S/C15H16FNO2S/c1-11-8-12(9-17)2-3-13(11)10-20(18,19)15-6-4-14(16)5-7-15/h2-8H,9-10,17H2,1H3. The van der Waals surface area contributed by atoms with E-state index in [1.807, 2.05) is 19.1 Å². The fraction of sp³-hybridized carbons (Fsp3) is 0.200. The molecule has 0 bridgehead atoms. The SMILES string of the molecule is Cc1cc(CN)ccc1CS(=O)(=O)c1ccc(F)cc1.